The lowest BCUT2D eigenvalue weighted by molar-refractivity contribution is -0.121. The van der Waals surface area contributed by atoms with Crippen LogP contribution in [0.5, 0.6) is 11.5 Å². The molecule has 0 radical (unpaired) electrons. The molecule has 0 aliphatic heterocycles. The smallest absolute Gasteiger partial charge is 0.221 e. The Morgan fingerprint density at radius 1 is 0.974 bits per heavy atom. The van der Waals surface area contributed by atoms with Gasteiger partial charge in [0, 0.05) is 42.0 Å². The van der Waals surface area contributed by atoms with Crippen LogP contribution in [0.15, 0.2) is 95.7 Å². The van der Waals surface area contributed by atoms with Crippen LogP contribution in [0.3, 0.4) is 0 Å². The molecule has 1 N–H and O–H groups in total. The van der Waals surface area contributed by atoms with Crippen molar-refractivity contribution in [3.63, 3.8) is 0 Å². The van der Waals surface area contributed by atoms with Crippen molar-refractivity contribution in [3.05, 3.63) is 120 Å². The number of carbonyl (C=O) groups is 1. The number of benzene rings is 3. The van der Waals surface area contributed by atoms with Crippen molar-refractivity contribution in [1.82, 2.24) is 9.88 Å². The lowest BCUT2D eigenvalue weighted by Crippen LogP contribution is -2.24. The maximum Gasteiger partial charge on any atom is 0.221 e. The average molecular weight is 513 g/mol. The highest BCUT2D eigenvalue weighted by atomic mass is 19.1. The van der Waals surface area contributed by atoms with Crippen molar-refractivity contribution in [2.45, 2.75) is 25.4 Å². The Bertz CT molecular complexity index is 1500. The Morgan fingerprint density at radius 3 is 2.39 bits per heavy atom. The van der Waals surface area contributed by atoms with Crippen molar-refractivity contribution >= 4 is 16.8 Å². The highest BCUT2D eigenvalue weighted by Crippen LogP contribution is 2.38. The van der Waals surface area contributed by atoms with E-state index < -0.39 is 0 Å². The average Bonchev–Trinajstić information content (AvgIpc) is 3.60. The van der Waals surface area contributed by atoms with E-state index in [1.165, 1.54) is 12.1 Å². The third-order valence-electron chi connectivity index (χ3n) is 6.67. The number of halogens is 1. The zero-order valence-electron chi connectivity index (χ0n) is 21.3. The van der Waals surface area contributed by atoms with Crippen molar-refractivity contribution < 1.29 is 23.1 Å². The molecule has 2 heterocycles. The lowest BCUT2D eigenvalue weighted by Gasteiger charge is -2.19. The zero-order valence-corrected chi connectivity index (χ0v) is 21.3. The monoisotopic (exact) mass is 512 g/mol. The van der Waals surface area contributed by atoms with E-state index in [2.05, 4.69) is 28.2 Å². The first-order valence-corrected chi connectivity index (χ1v) is 12.4. The van der Waals surface area contributed by atoms with Gasteiger partial charge in [0.1, 0.15) is 23.1 Å². The fourth-order valence-corrected chi connectivity index (χ4v) is 4.76. The number of amides is 1. The molecule has 0 spiro atoms. The van der Waals surface area contributed by atoms with Gasteiger partial charge in [-0.2, -0.15) is 0 Å². The molecule has 0 fully saturated rings. The molecule has 0 unspecified atom stereocenters. The van der Waals surface area contributed by atoms with Crippen molar-refractivity contribution in [2.24, 2.45) is 0 Å². The van der Waals surface area contributed by atoms with Crippen LogP contribution < -0.4 is 14.8 Å². The standard InChI is InChI=1S/C31H29FN2O4/c1-36-25-14-22(15-26(16-25)37-2)28(17-31(35)33-18-24-6-5-13-38-24)29-20-34(30-8-4-3-7-27(29)30)19-21-9-11-23(32)12-10-21/h3-16,20,28H,17-19H2,1-2H3,(H,33,35)/t28-/m0/s1. The molecule has 0 bridgehead atoms. The summed E-state index contributed by atoms with van der Waals surface area (Å²) in [6, 6.07) is 23.9. The van der Waals surface area contributed by atoms with E-state index in [0.29, 0.717) is 30.3 Å². The molecule has 5 rings (SSSR count). The van der Waals surface area contributed by atoms with E-state index in [1.54, 1.807) is 38.7 Å². The second kappa shape index (κ2) is 11.3. The first-order valence-electron chi connectivity index (χ1n) is 12.4. The second-order valence-electron chi connectivity index (χ2n) is 9.11. The number of aromatic nitrogens is 1. The Balaban J connectivity index is 1.56. The minimum Gasteiger partial charge on any atom is -0.497 e. The third kappa shape index (κ3) is 5.57. The van der Waals surface area contributed by atoms with Gasteiger partial charge in [0.2, 0.25) is 5.91 Å². The Hall–Kier alpha value is -4.52. The summed E-state index contributed by atoms with van der Waals surface area (Å²) in [6.45, 7) is 0.881. The molecule has 7 heteroatoms. The van der Waals surface area contributed by atoms with Crippen LogP contribution >= 0.6 is 0 Å². The molecule has 5 aromatic rings. The van der Waals surface area contributed by atoms with Gasteiger partial charge in [-0.1, -0.05) is 30.3 Å². The van der Waals surface area contributed by atoms with Gasteiger partial charge in [-0.15, -0.1) is 0 Å². The van der Waals surface area contributed by atoms with Gasteiger partial charge in [0.15, 0.2) is 0 Å². The van der Waals surface area contributed by atoms with E-state index >= 15 is 0 Å². The van der Waals surface area contributed by atoms with Gasteiger partial charge in [0.05, 0.1) is 27.0 Å². The van der Waals surface area contributed by atoms with Crippen molar-refractivity contribution in [1.29, 1.82) is 0 Å². The molecule has 0 aliphatic carbocycles. The molecular formula is C31H29FN2O4. The fourth-order valence-electron chi connectivity index (χ4n) is 4.76. The third-order valence-corrected chi connectivity index (χ3v) is 6.67. The molecule has 1 amide bonds. The number of methoxy groups -OCH3 is 2. The molecule has 38 heavy (non-hydrogen) atoms. The predicted molar refractivity (Wildman–Crippen MR) is 144 cm³/mol. The fraction of sp³-hybridized carbons (Fsp3) is 0.194. The molecule has 6 nitrogen and oxygen atoms in total. The van der Waals surface area contributed by atoms with Gasteiger partial charge in [0.25, 0.3) is 0 Å². The number of para-hydroxylation sites is 1. The second-order valence-corrected chi connectivity index (χ2v) is 9.11. The number of hydrogen-bond donors (Lipinski definition) is 1. The van der Waals surface area contributed by atoms with Gasteiger partial charge in [-0.25, -0.2) is 4.39 Å². The van der Waals surface area contributed by atoms with E-state index in [1.807, 2.05) is 36.4 Å². The Kier molecular flexibility index (Phi) is 7.45. The first-order chi connectivity index (χ1) is 18.5. The quantitative estimate of drug-likeness (QED) is 0.239. The Morgan fingerprint density at radius 2 is 1.71 bits per heavy atom. The highest BCUT2D eigenvalue weighted by Gasteiger charge is 2.24. The molecule has 194 valence electrons. The van der Waals surface area contributed by atoms with Gasteiger partial charge in [-0.05, 0) is 59.2 Å². The number of nitrogens with one attached hydrogen (secondary N) is 1. The number of hydrogen-bond acceptors (Lipinski definition) is 4. The van der Waals surface area contributed by atoms with E-state index in [-0.39, 0.29) is 24.1 Å². The normalized spacial score (nSPS) is 11.9. The maximum atomic E-state index is 13.5. The lowest BCUT2D eigenvalue weighted by atomic mass is 9.87. The largest absolute Gasteiger partial charge is 0.497 e. The Labute approximate surface area is 220 Å². The van der Waals surface area contributed by atoms with Crippen molar-refractivity contribution in [2.75, 3.05) is 14.2 Å². The van der Waals surface area contributed by atoms with Crippen LogP contribution in [0.25, 0.3) is 10.9 Å². The maximum absolute atomic E-state index is 13.5. The summed E-state index contributed by atoms with van der Waals surface area (Å²) in [6.07, 6.45) is 3.88. The summed E-state index contributed by atoms with van der Waals surface area (Å²) in [4.78, 5) is 13.2. The van der Waals surface area contributed by atoms with Crippen LogP contribution in [-0.2, 0) is 17.9 Å². The summed E-state index contributed by atoms with van der Waals surface area (Å²) in [7, 11) is 3.22. The van der Waals surface area contributed by atoms with Crippen LogP contribution in [0, 0.1) is 5.82 Å². The number of rotatable bonds is 10. The van der Waals surface area contributed by atoms with E-state index in [4.69, 9.17) is 13.9 Å². The highest BCUT2D eigenvalue weighted by molar-refractivity contribution is 5.87. The summed E-state index contributed by atoms with van der Waals surface area (Å²) in [5, 5.41) is 4.02. The topological polar surface area (TPSA) is 65.6 Å². The zero-order chi connectivity index (χ0) is 26.5. The molecule has 0 aliphatic rings. The first kappa shape index (κ1) is 25.1. The van der Waals surface area contributed by atoms with Crippen LogP contribution in [-0.4, -0.2) is 24.7 Å². The van der Waals surface area contributed by atoms with Crippen LogP contribution in [0.1, 0.15) is 34.8 Å². The molecule has 2 aromatic heterocycles. The number of nitrogens with zero attached hydrogens (tertiary/aromatic N) is 1. The van der Waals surface area contributed by atoms with Gasteiger partial charge >= 0.3 is 0 Å². The van der Waals surface area contributed by atoms with E-state index in [9.17, 15) is 9.18 Å². The summed E-state index contributed by atoms with van der Waals surface area (Å²) >= 11 is 0. The number of carbonyl (C=O) groups excluding carboxylic acids is 1. The van der Waals surface area contributed by atoms with Gasteiger partial charge in [-0.3, -0.25) is 4.79 Å². The predicted octanol–water partition coefficient (Wildman–Crippen LogP) is 6.28. The molecule has 3 aromatic carbocycles. The van der Waals surface area contributed by atoms with E-state index in [0.717, 1.165) is 27.6 Å². The minimum atomic E-state index is -0.282. The summed E-state index contributed by atoms with van der Waals surface area (Å²) < 4.78 is 32.1. The molecule has 0 saturated carbocycles. The van der Waals surface area contributed by atoms with Crippen LogP contribution in [0.4, 0.5) is 4.39 Å². The minimum absolute atomic E-state index is 0.108. The van der Waals surface area contributed by atoms with Crippen LogP contribution in [0.2, 0.25) is 0 Å². The summed E-state index contributed by atoms with van der Waals surface area (Å²) in [5.74, 6) is 1.33. The molecular weight excluding hydrogens is 483 g/mol. The molecule has 1 atom stereocenters. The van der Waals surface area contributed by atoms with Crippen molar-refractivity contribution in [3.8, 4) is 11.5 Å². The number of fused-ring (bicyclic) bond motifs is 1. The SMILES string of the molecule is COc1cc(OC)cc([C@H](CC(=O)NCc2ccco2)c2cn(Cc3ccc(F)cc3)c3ccccc23)c1. The summed E-state index contributed by atoms with van der Waals surface area (Å²) in [5.41, 5.74) is 3.92. The number of ether oxygens (including phenoxy) is 2. The number of furan rings is 1. The van der Waals surface area contributed by atoms with Gasteiger partial charge < -0.3 is 23.8 Å². The molecule has 0 saturated heterocycles.